The van der Waals surface area contributed by atoms with Crippen molar-refractivity contribution in [2.75, 3.05) is 0 Å². The highest BCUT2D eigenvalue weighted by molar-refractivity contribution is 6.07. The molecule has 2 rings (SSSR count). The fourth-order valence-electron chi connectivity index (χ4n) is 1.58. The molecule has 0 unspecified atom stereocenters. The molecule has 1 aliphatic carbocycles. The molecule has 15 heavy (non-hydrogen) atoms. The molecule has 0 spiro atoms. The third-order valence-electron chi connectivity index (χ3n) is 2.76. The van der Waals surface area contributed by atoms with E-state index in [-0.39, 0.29) is 23.9 Å². The molecule has 0 radical (unpaired) electrons. The highest BCUT2D eigenvalue weighted by atomic mass is 16.1. The van der Waals surface area contributed by atoms with E-state index < -0.39 is 0 Å². The van der Waals surface area contributed by atoms with Crippen molar-refractivity contribution < 1.29 is 9.59 Å². The molecule has 0 bridgehead atoms. The number of aromatic nitrogens is 2. The summed E-state index contributed by atoms with van der Waals surface area (Å²) in [4.78, 5) is 30.7. The number of carbonyl (C=O) groups is 2. The van der Waals surface area contributed by atoms with Gasteiger partial charge in [0, 0.05) is 12.1 Å². The number of hydrogen-bond acceptors (Lipinski definition) is 4. The third kappa shape index (κ3) is 2.26. The van der Waals surface area contributed by atoms with E-state index in [0.29, 0.717) is 5.69 Å². The SMILES string of the molecule is O=C(CC(=O)C1CCC1)c1ccncn1. The minimum absolute atomic E-state index is 0.0122. The third-order valence-corrected chi connectivity index (χ3v) is 2.76. The van der Waals surface area contributed by atoms with Gasteiger partial charge in [-0.1, -0.05) is 6.42 Å². The smallest absolute Gasteiger partial charge is 0.188 e. The highest BCUT2D eigenvalue weighted by Crippen LogP contribution is 2.28. The predicted octanol–water partition coefficient (Wildman–Crippen LogP) is 1.42. The van der Waals surface area contributed by atoms with Crippen molar-refractivity contribution in [3.63, 3.8) is 0 Å². The van der Waals surface area contributed by atoms with E-state index in [4.69, 9.17) is 0 Å². The van der Waals surface area contributed by atoms with Crippen molar-refractivity contribution in [1.29, 1.82) is 0 Å². The maximum Gasteiger partial charge on any atom is 0.188 e. The van der Waals surface area contributed by atoms with Crippen LogP contribution in [0.2, 0.25) is 0 Å². The standard InChI is InChI=1S/C11H12N2O2/c14-10(8-2-1-3-8)6-11(15)9-4-5-12-7-13-9/h4-5,7-8H,1-3,6H2. The summed E-state index contributed by atoms with van der Waals surface area (Å²) >= 11 is 0. The molecule has 4 nitrogen and oxygen atoms in total. The Balaban J connectivity index is 1.95. The number of ketones is 2. The molecule has 1 aliphatic rings. The van der Waals surface area contributed by atoms with Crippen molar-refractivity contribution in [3.8, 4) is 0 Å². The first-order valence-corrected chi connectivity index (χ1v) is 5.09. The van der Waals surface area contributed by atoms with Gasteiger partial charge in [-0.2, -0.15) is 0 Å². The van der Waals surface area contributed by atoms with E-state index in [9.17, 15) is 9.59 Å². The Hall–Kier alpha value is -1.58. The first-order valence-electron chi connectivity index (χ1n) is 5.09. The molecule has 1 heterocycles. The lowest BCUT2D eigenvalue weighted by atomic mass is 9.80. The lowest BCUT2D eigenvalue weighted by Gasteiger charge is -2.23. The summed E-state index contributed by atoms with van der Waals surface area (Å²) in [5.41, 5.74) is 0.331. The van der Waals surface area contributed by atoms with Crippen LogP contribution < -0.4 is 0 Å². The van der Waals surface area contributed by atoms with Gasteiger partial charge >= 0.3 is 0 Å². The first kappa shape index (κ1) is 9.96. The van der Waals surface area contributed by atoms with Gasteiger partial charge in [-0.3, -0.25) is 9.59 Å². The van der Waals surface area contributed by atoms with Crippen LogP contribution in [-0.4, -0.2) is 21.5 Å². The summed E-state index contributed by atoms with van der Waals surface area (Å²) in [6.07, 6.45) is 5.81. The molecule has 4 heteroatoms. The maximum absolute atomic E-state index is 11.6. The van der Waals surface area contributed by atoms with Crippen molar-refractivity contribution in [1.82, 2.24) is 9.97 Å². The highest BCUT2D eigenvalue weighted by Gasteiger charge is 2.27. The number of Topliss-reactive ketones (excluding diaryl/α,β-unsaturated/α-hetero) is 2. The monoisotopic (exact) mass is 204 g/mol. The number of nitrogens with zero attached hydrogens (tertiary/aromatic N) is 2. The summed E-state index contributed by atoms with van der Waals surface area (Å²) in [6, 6.07) is 1.54. The van der Waals surface area contributed by atoms with E-state index >= 15 is 0 Å². The van der Waals surface area contributed by atoms with Crippen molar-refractivity contribution in [3.05, 3.63) is 24.3 Å². The number of carbonyl (C=O) groups excluding carboxylic acids is 2. The van der Waals surface area contributed by atoms with Gasteiger partial charge in [-0.05, 0) is 18.9 Å². The second kappa shape index (κ2) is 4.29. The molecule has 0 aromatic carbocycles. The van der Waals surface area contributed by atoms with Crippen LogP contribution in [0.5, 0.6) is 0 Å². The van der Waals surface area contributed by atoms with Crippen LogP contribution in [0.1, 0.15) is 36.2 Å². The van der Waals surface area contributed by atoms with Gasteiger partial charge < -0.3 is 0 Å². The lowest BCUT2D eigenvalue weighted by molar-refractivity contribution is -0.124. The zero-order chi connectivity index (χ0) is 10.7. The fraction of sp³-hybridized carbons (Fsp3) is 0.455. The van der Waals surface area contributed by atoms with Crippen LogP contribution in [0, 0.1) is 5.92 Å². The average molecular weight is 204 g/mol. The Morgan fingerprint density at radius 3 is 2.73 bits per heavy atom. The van der Waals surface area contributed by atoms with Crippen LogP contribution in [-0.2, 0) is 4.79 Å². The minimum Gasteiger partial charge on any atom is -0.299 e. The van der Waals surface area contributed by atoms with Gasteiger partial charge in [0.1, 0.15) is 17.8 Å². The maximum atomic E-state index is 11.6. The van der Waals surface area contributed by atoms with E-state index in [2.05, 4.69) is 9.97 Å². The van der Waals surface area contributed by atoms with Crippen LogP contribution in [0.25, 0.3) is 0 Å². The summed E-state index contributed by atoms with van der Waals surface area (Å²) in [5, 5.41) is 0. The molecule has 0 saturated heterocycles. The number of rotatable bonds is 4. The van der Waals surface area contributed by atoms with E-state index in [1.54, 1.807) is 0 Å². The van der Waals surface area contributed by atoms with E-state index in [1.165, 1.54) is 18.6 Å². The van der Waals surface area contributed by atoms with Gasteiger partial charge in [-0.25, -0.2) is 9.97 Å². The van der Waals surface area contributed by atoms with Gasteiger partial charge in [0.15, 0.2) is 5.78 Å². The first-order chi connectivity index (χ1) is 7.27. The molecular weight excluding hydrogens is 192 g/mol. The zero-order valence-corrected chi connectivity index (χ0v) is 8.35. The lowest BCUT2D eigenvalue weighted by Crippen LogP contribution is -2.24. The average Bonchev–Trinajstić information content (AvgIpc) is 2.16. The fourth-order valence-corrected chi connectivity index (χ4v) is 1.58. The Labute approximate surface area is 87.7 Å². The zero-order valence-electron chi connectivity index (χ0n) is 8.35. The minimum atomic E-state index is -0.200. The summed E-state index contributed by atoms with van der Waals surface area (Å²) in [5.74, 6) is -0.0186. The van der Waals surface area contributed by atoms with Crippen molar-refractivity contribution >= 4 is 11.6 Å². The molecule has 1 aromatic rings. The molecule has 1 fully saturated rings. The molecule has 0 N–H and O–H groups in total. The largest absolute Gasteiger partial charge is 0.299 e. The second-order valence-electron chi connectivity index (χ2n) is 3.79. The molecule has 0 aliphatic heterocycles. The predicted molar refractivity (Wildman–Crippen MR) is 53.3 cm³/mol. The van der Waals surface area contributed by atoms with E-state index in [1.807, 2.05) is 0 Å². The molecule has 0 amide bonds. The molecule has 1 saturated carbocycles. The van der Waals surface area contributed by atoms with Crippen molar-refractivity contribution in [2.45, 2.75) is 25.7 Å². The number of hydrogen-bond donors (Lipinski definition) is 0. The Bertz CT molecular complexity index is 371. The Morgan fingerprint density at radius 2 is 2.20 bits per heavy atom. The van der Waals surface area contributed by atoms with Crippen molar-refractivity contribution in [2.24, 2.45) is 5.92 Å². The van der Waals surface area contributed by atoms with Gasteiger partial charge in [0.2, 0.25) is 0 Å². The normalized spacial score (nSPS) is 15.7. The van der Waals surface area contributed by atoms with Crippen LogP contribution in [0.15, 0.2) is 18.6 Å². The Morgan fingerprint density at radius 1 is 1.40 bits per heavy atom. The molecule has 78 valence electrons. The van der Waals surface area contributed by atoms with E-state index in [0.717, 1.165) is 19.3 Å². The Kier molecular flexibility index (Phi) is 2.85. The van der Waals surface area contributed by atoms with Crippen LogP contribution in [0.3, 0.4) is 0 Å². The van der Waals surface area contributed by atoms with Crippen LogP contribution >= 0.6 is 0 Å². The summed E-state index contributed by atoms with van der Waals surface area (Å²) in [7, 11) is 0. The molecule has 0 atom stereocenters. The van der Waals surface area contributed by atoms with Gasteiger partial charge in [0.05, 0.1) is 6.42 Å². The van der Waals surface area contributed by atoms with Crippen LogP contribution in [0.4, 0.5) is 0 Å². The molecule has 1 aromatic heterocycles. The summed E-state index contributed by atoms with van der Waals surface area (Å²) in [6.45, 7) is 0. The second-order valence-corrected chi connectivity index (χ2v) is 3.79. The van der Waals surface area contributed by atoms with Gasteiger partial charge in [-0.15, -0.1) is 0 Å². The van der Waals surface area contributed by atoms with Gasteiger partial charge in [0.25, 0.3) is 0 Å². The topological polar surface area (TPSA) is 59.9 Å². The molecular formula is C11H12N2O2. The quantitative estimate of drug-likeness (QED) is 0.549. The summed E-state index contributed by atoms with van der Waals surface area (Å²) < 4.78 is 0.